The maximum Gasteiger partial charge on any atom is 0.158 e. The molecule has 0 saturated carbocycles. The van der Waals surface area contributed by atoms with Gasteiger partial charge in [0.2, 0.25) is 0 Å². The van der Waals surface area contributed by atoms with Crippen LogP contribution in [0, 0.1) is 0 Å². The molecule has 1 unspecified atom stereocenters. The maximum atomic E-state index is 5.22. The molecule has 2 aromatic rings. The molecule has 3 rings (SSSR count). The summed E-state index contributed by atoms with van der Waals surface area (Å²) in [6, 6.07) is 5.90. The van der Waals surface area contributed by atoms with E-state index in [9.17, 15) is 0 Å². The highest BCUT2D eigenvalue weighted by Gasteiger charge is 2.21. The van der Waals surface area contributed by atoms with Crippen molar-refractivity contribution in [2.45, 2.75) is 6.23 Å². The van der Waals surface area contributed by atoms with Crippen LogP contribution in [-0.4, -0.2) is 36.2 Å². The second-order valence-electron chi connectivity index (χ2n) is 3.79. The average Bonchev–Trinajstić information content (AvgIpc) is 3.03. The van der Waals surface area contributed by atoms with Crippen LogP contribution < -0.4 is 4.74 Å². The minimum Gasteiger partial charge on any atom is -0.497 e. The predicted octanol–water partition coefficient (Wildman–Crippen LogP) is 2.77. The molecule has 0 fully saturated rings. The van der Waals surface area contributed by atoms with E-state index >= 15 is 0 Å². The number of aliphatic imine (C=N–C) groups is 1. The first-order valence-corrected chi connectivity index (χ1v) is 7.28. The number of ether oxygens (including phenoxy) is 2. The average molecular weight is 280 g/mol. The molecule has 6 heteroatoms. The largest absolute Gasteiger partial charge is 0.497 e. The van der Waals surface area contributed by atoms with E-state index in [2.05, 4.69) is 9.98 Å². The minimum atomic E-state index is -0.0356. The first-order valence-electron chi connectivity index (χ1n) is 5.48. The number of hydrogen-bond donors (Lipinski definition) is 0. The molecule has 1 aliphatic heterocycles. The minimum absolute atomic E-state index is 0.0356. The molecule has 0 saturated heterocycles. The molecule has 2 heterocycles. The van der Waals surface area contributed by atoms with Gasteiger partial charge in [0, 0.05) is 12.9 Å². The summed E-state index contributed by atoms with van der Waals surface area (Å²) in [6.45, 7) is 0. The van der Waals surface area contributed by atoms with Gasteiger partial charge in [-0.3, -0.25) is 0 Å². The Morgan fingerprint density at radius 2 is 2.22 bits per heavy atom. The Bertz CT molecular complexity index is 609. The molecule has 0 radical (unpaired) electrons. The van der Waals surface area contributed by atoms with Crippen LogP contribution in [0.1, 0.15) is 5.01 Å². The van der Waals surface area contributed by atoms with Gasteiger partial charge in [-0.05, 0) is 18.2 Å². The van der Waals surface area contributed by atoms with E-state index in [0.29, 0.717) is 0 Å². The molecular weight excluding hydrogens is 268 g/mol. The summed E-state index contributed by atoms with van der Waals surface area (Å²) >= 11 is 3.33. The van der Waals surface area contributed by atoms with E-state index in [1.807, 2.05) is 18.2 Å². The van der Waals surface area contributed by atoms with Crippen molar-refractivity contribution in [3.63, 3.8) is 0 Å². The van der Waals surface area contributed by atoms with Gasteiger partial charge < -0.3 is 9.47 Å². The van der Waals surface area contributed by atoms with Crippen molar-refractivity contribution in [3.05, 3.63) is 23.2 Å². The zero-order valence-electron chi connectivity index (χ0n) is 10.0. The lowest BCUT2D eigenvalue weighted by molar-refractivity contribution is 0.132. The molecule has 4 nitrogen and oxygen atoms in total. The molecule has 0 aliphatic carbocycles. The van der Waals surface area contributed by atoms with Crippen LogP contribution in [0.5, 0.6) is 5.75 Å². The van der Waals surface area contributed by atoms with Crippen LogP contribution in [0.3, 0.4) is 0 Å². The van der Waals surface area contributed by atoms with Crippen molar-refractivity contribution in [2.24, 2.45) is 4.99 Å². The summed E-state index contributed by atoms with van der Waals surface area (Å²) in [5.41, 5.74) is 0.986. The second-order valence-corrected chi connectivity index (χ2v) is 5.83. The Kier molecular flexibility index (Phi) is 3.23. The number of aromatic nitrogens is 1. The van der Waals surface area contributed by atoms with Crippen molar-refractivity contribution in [1.29, 1.82) is 0 Å². The first kappa shape index (κ1) is 12.0. The van der Waals surface area contributed by atoms with Gasteiger partial charge in [-0.15, -0.1) is 11.3 Å². The molecular formula is C12H12N2O2S2. The van der Waals surface area contributed by atoms with Gasteiger partial charge >= 0.3 is 0 Å². The van der Waals surface area contributed by atoms with E-state index in [0.717, 1.165) is 31.8 Å². The van der Waals surface area contributed by atoms with Gasteiger partial charge in [-0.1, -0.05) is 11.8 Å². The topological polar surface area (TPSA) is 43.7 Å². The Morgan fingerprint density at radius 3 is 2.94 bits per heavy atom. The third-order valence-electron chi connectivity index (χ3n) is 2.67. The summed E-state index contributed by atoms with van der Waals surface area (Å²) in [5.74, 6) is 1.72. The lowest BCUT2D eigenvalue weighted by Gasteiger charge is -1.98. The monoisotopic (exact) mass is 280 g/mol. The van der Waals surface area contributed by atoms with Crippen molar-refractivity contribution >= 4 is 38.4 Å². The fourth-order valence-corrected chi connectivity index (χ4v) is 3.78. The van der Waals surface area contributed by atoms with E-state index in [-0.39, 0.29) is 6.23 Å². The van der Waals surface area contributed by atoms with E-state index in [1.165, 1.54) is 0 Å². The number of methoxy groups -OCH3 is 2. The highest BCUT2D eigenvalue weighted by molar-refractivity contribution is 8.15. The highest BCUT2D eigenvalue weighted by atomic mass is 32.2. The second kappa shape index (κ2) is 4.87. The third kappa shape index (κ3) is 2.11. The standard InChI is InChI=1S/C12H12N2O2S2/c1-15-7-3-4-8-9(5-7)18-12(13-8)11-14-10(16-2)6-17-11/h3-5,10H,6H2,1-2H3. The molecule has 1 aliphatic rings. The SMILES string of the molecule is COc1ccc2nc(C3=NC(OC)CS3)sc2c1. The van der Waals surface area contributed by atoms with Gasteiger partial charge in [0.25, 0.3) is 0 Å². The molecule has 94 valence electrons. The number of thiazole rings is 1. The van der Waals surface area contributed by atoms with Gasteiger partial charge in [0.05, 0.1) is 17.3 Å². The summed E-state index contributed by atoms with van der Waals surface area (Å²) < 4.78 is 11.6. The number of benzene rings is 1. The summed E-state index contributed by atoms with van der Waals surface area (Å²) in [4.78, 5) is 9.08. The smallest absolute Gasteiger partial charge is 0.158 e. The van der Waals surface area contributed by atoms with Crippen LogP contribution >= 0.6 is 23.1 Å². The van der Waals surface area contributed by atoms with Crippen LogP contribution in [0.4, 0.5) is 0 Å². The van der Waals surface area contributed by atoms with Gasteiger partial charge in [-0.2, -0.15) is 0 Å². The number of hydrogen-bond acceptors (Lipinski definition) is 6. The number of nitrogens with zero attached hydrogens (tertiary/aromatic N) is 2. The quantitative estimate of drug-likeness (QED) is 0.867. The Morgan fingerprint density at radius 1 is 1.33 bits per heavy atom. The molecule has 1 aromatic heterocycles. The number of fused-ring (bicyclic) bond motifs is 1. The van der Waals surface area contributed by atoms with Crippen molar-refractivity contribution < 1.29 is 9.47 Å². The molecule has 1 atom stereocenters. The molecule has 0 spiro atoms. The number of thioether (sulfide) groups is 1. The number of rotatable bonds is 3. The first-order chi connectivity index (χ1) is 8.80. The van der Waals surface area contributed by atoms with Crippen molar-refractivity contribution in [2.75, 3.05) is 20.0 Å². The highest BCUT2D eigenvalue weighted by Crippen LogP contribution is 2.31. The van der Waals surface area contributed by atoms with Gasteiger partial charge in [-0.25, -0.2) is 9.98 Å². The zero-order chi connectivity index (χ0) is 12.5. The summed E-state index contributed by atoms with van der Waals surface area (Å²) in [6.07, 6.45) is -0.0356. The molecule has 0 N–H and O–H groups in total. The fraction of sp³-hybridized carbons (Fsp3) is 0.333. The van der Waals surface area contributed by atoms with Crippen LogP contribution in [0.2, 0.25) is 0 Å². The van der Waals surface area contributed by atoms with E-state index in [1.54, 1.807) is 37.3 Å². The van der Waals surface area contributed by atoms with Crippen LogP contribution in [0.15, 0.2) is 23.2 Å². The molecule has 0 amide bonds. The normalized spacial score (nSPS) is 19.2. The Labute approximate surface area is 113 Å². The Balaban J connectivity index is 1.98. The lowest BCUT2D eigenvalue weighted by Crippen LogP contribution is -2.04. The molecule has 0 bridgehead atoms. The lowest BCUT2D eigenvalue weighted by atomic mass is 10.3. The van der Waals surface area contributed by atoms with Crippen molar-refractivity contribution in [3.8, 4) is 5.75 Å². The van der Waals surface area contributed by atoms with Gasteiger partial charge in [0.15, 0.2) is 6.23 Å². The maximum absolute atomic E-state index is 5.22. The van der Waals surface area contributed by atoms with Gasteiger partial charge in [0.1, 0.15) is 15.8 Å². The van der Waals surface area contributed by atoms with Crippen LogP contribution in [-0.2, 0) is 4.74 Å². The third-order valence-corrected chi connectivity index (χ3v) is 4.85. The Hall–Kier alpha value is -1.11. The molecule has 1 aromatic carbocycles. The predicted molar refractivity (Wildman–Crippen MR) is 76.0 cm³/mol. The molecule has 18 heavy (non-hydrogen) atoms. The zero-order valence-corrected chi connectivity index (χ0v) is 11.7. The fourth-order valence-electron chi connectivity index (χ4n) is 1.72. The van der Waals surface area contributed by atoms with Crippen LogP contribution in [0.25, 0.3) is 10.2 Å². The van der Waals surface area contributed by atoms with E-state index in [4.69, 9.17) is 9.47 Å². The summed E-state index contributed by atoms with van der Waals surface area (Å²) in [5, 5.41) is 1.94. The van der Waals surface area contributed by atoms with E-state index < -0.39 is 0 Å². The van der Waals surface area contributed by atoms with Crippen molar-refractivity contribution in [1.82, 2.24) is 4.98 Å². The summed E-state index contributed by atoms with van der Waals surface area (Å²) in [7, 11) is 3.35.